The number of thiophene rings is 1. The van der Waals surface area contributed by atoms with Gasteiger partial charge in [-0.25, -0.2) is 0 Å². The highest BCUT2D eigenvalue weighted by molar-refractivity contribution is 7.26. The van der Waals surface area contributed by atoms with Crippen molar-refractivity contribution in [3.63, 3.8) is 0 Å². The highest BCUT2D eigenvalue weighted by Gasteiger charge is 2.33. The first-order valence-electron chi connectivity index (χ1n) is 27.9. The standard InChI is InChI=1S/C74H60ClN5S/c1-73(2,3)49-38-42-53(43-39-49)76(54-44-40-50(41-45-54)74(4,5)6)55-26-19-27-56(46-55)78(66-36-21-31-61-59-29-14-18-37-69(59)81-72(61)66)67-47-57(77(51-22-9-7-10-23-51)52-24-11-8-12-25-52)48-68(70(67)75)79-63-33-16-17-34-64(63)80-62-32-15-13-28-58(62)60-30-20-35-65(79)71(60)80/h7-48H,1-6H3. The zero-order valence-corrected chi connectivity index (χ0v) is 47.8. The van der Waals surface area contributed by atoms with Gasteiger partial charge in [0.25, 0.3) is 0 Å². The highest BCUT2D eigenvalue weighted by Crippen LogP contribution is 2.57. The Kier molecular flexibility index (Phi) is 12.2. The SMILES string of the molecule is CC(C)(C)c1ccc(N(c2ccc(C(C)(C)C)cc2)c2cccc(N(c3cc(N(c4ccccc4)c4ccccc4)cc(N4c5ccccc5-n5c6ccccc6c6cccc4c65)c3Cl)c3cccc4c3sc3ccccc34)c2)cc1. The van der Waals surface area contributed by atoms with Gasteiger partial charge in [-0.2, -0.15) is 0 Å². The third kappa shape index (κ3) is 8.60. The summed E-state index contributed by atoms with van der Waals surface area (Å²) in [4.78, 5) is 9.57. The predicted octanol–water partition coefficient (Wildman–Crippen LogP) is 22.6. The summed E-state index contributed by atoms with van der Waals surface area (Å²) in [5.41, 5.74) is 17.8. The molecule has 0 radical (unpaired) electrons. The third-order valence-corrected chi connectivity index (χ3v) is 17.6. The van der Waals surface area contributed by atoms with E-state index >= 15 is 0 Å². The van der Waals surface area contributed by atoms with Gasteiger partial charge in [0, 0.05) is 60.4 Å². The second-order valence-electron chi connectivity index (χ2n) is 23.2. The normalized spacial score (nSPS) is 12.4. The number of hydrogen-bond donors (Lipinski definition) is 0. The number of aromatic nitrogens is 1. The van der Waals surface area contributed by atoms with Crippen LogP contribution in [-0.4, -0.2) is 4.57 Å². The van der Waals surface area contributed by atoms with E-state index in [9.17, 15) is 0 Å². The number of halogens is 1. The smallest absolute Gasteiger partial charge is 0.0888 e. The molecule has 11 aromatic carbocycles. The first kappa shape index (κ1) is 50.2. The fourth-order valence-electron chi connectivity index (χ4n) is 12.1. The fourth-order valence-corrected chi connectivity index (χ4v) is 13.5. The topological polar surface area (TPSA) is 17.9 Å². The molecule has 0 N–H and O–H groups in total. The van der Waals surface area contributed by atoms with Crippen LogP contribution in [0.5, 0.6) is 0 Å². The number of para-hydroxylation sites is 6. The van der Waals surface area contributed by atoms with Crippen LogP contribution in [0.2, 0.25) is 5.02 Å². The van der Waals surface area contributed by atoms with Crippen molar-refractivity contribution in [3.8, 4) is 5.69 Å². The average molecular weight is 1090 g/mol. The minimum Gasteiger partial charge on any atom is -0.310 e. The van der Waals surface area contributed by atoms with Gasteiger partial charge in [-0.1, -0.05) is 193 Å². The molecule has 0 saturated carbocycles. The summed E-state index contributed by atoms with van der Waals surface area (Å²) in [6.07, 6.45) is 0. The van der Waals surface area contributed by atoms with Crippen molar-refractivity contribution in [2.75, 3.05) is 19.6 Å². The van der Waals surface area contributed by atoms with E-state index in [4.69, 9.17) is 11.6 Å². The average Bonchev–Trinajstić information content (AvgIpc) is 3.19. The van der Waals surface area contributed by atoms with E-state index in [1.165, 1.54) is 47.6 Å². The maximum absolute atomic E-state index is 8.52. The number of benzene rings is 11. The van der Waals surface area contributed by atoms with Crippen molar-refractivity contribution in [2.45, 2.75) is 52.4 Å². The lowest BCUT2D eigenvalue weighted by Gasteiger charge is -2.37. The lowest BCUT2D eigenvalue weighted by Crippen LogP contribution is -2.20. The van der Waals surface area contributed by atoms with E-state index in [-0.39, 0.29) is 10.8 Å². The van der Waals surface area contributed by atoms with Crippen LogP contribution in [0.3, 0.4) is 0 Å². The van der Waals surface area contributed by atoms with Crippen molar-refractivity contribution < 1.29 is 0 Å². The van der Waals surface area contributed by atoms with E-state index < -0.39 is 0 Å². The number of nitrogens with zero attached hydrogens (tertiary/aromatic N) is 5. The fraction of sp³-hybridized carbons (Fsp3) is 0.108. The molecule has 0 bridgehead atoms. The molecule has 0 unspecified atom stereocenters. The largest absolute Gasteiger partial charge is 0.310 e. The van der Waals surface area contributed by atoms with Crippen LogP contribution in [0.4, 0.5) is 68.2 Å². The zero-order chi connectivity index (χ0) is 55.1. The first-order valence-corrected chi connectivity index (χ1v) is 29.1. The van der Waals surface area contributed by atoms with Gasteiger partial charge in [0.05, 0.1) is 60.6 Å². The summed E-state index contributed by atoms with van der Waals surface area (Å²) in [5, 5.41) is 5.42. The second kappa shape index (κ2) is 19.6. The van der Waals surface area contributed by atoms with Crippen molar-refractivity contribution in [1.82, 2.24) is 4.57 Å². The van der Waals surface area contributed by atoms with E-state index in [0.29, 0.717) is 5.02 Å². The Labute approximate surface area is 483 Å². The van der Waals surface area contributed by atoms with E-state index in [0.717, 1.165) is 79.5 Å². The molecule has 394 valence electrons. The highest BCUT2D eigenvalue weighted by atomic mass is 35.5. The lowest BCUT2D eigenvalue weighted by atomic mass is 9.86. The molecule has 1 aliphatic rings. The quantitative estimate of drug-likeness (QED) is 0.136. The molecule has 7 heteroatoms. The molecule has 5 nitrogen and oxygen atoms in total. The van der Waals surface area contributed by atoms with Gasteiger partial charge >= 0.3 is 0 Å². The van der Waals surface area contributed by atoms with Crippen molar-refractivity contribution in [2.24, 2.45) is 0 Å². The first-order chi connectivity index (χ1) is 39.4. The van der Waals surface area contributed by atoms with E-state index in [1.54, 1.807) is 0 Å². The maximum atomic E-state index is 8.52. The maximum Gasteiger partial charge on any atom is 0.0888 e. The Morgan fingerprint density at radius 2 is 0.827 bits per heavy atom. The van der Waals surface area contributed by atoms with Crippen molar-refractivity contribution in [3.05, 3.63) is 271 Å². The molecule has 2 aromatic heterocycles. The molecule has 0 spiro atoms. The summed E-state index contributed by atoms with van der Waals surface area (Å²) in [6, 6.07) is 92.8. The molecule has 0 fully saturated rings. The number of anilines is 12. The number of rotatable bonds is 10. The predicted molar refractivity (Wildman–Crippen MR) is 348 cm³/mol. The molecule has 0 aliphatic carbocycles. The molecule has 0 atom stereocenters. The van der Waals surface area contributed by atoms with Gasteiger partial charge in [-0.3, -0.25) is 0 Å². The minimum absolute atomic E-state index is 0.00375. The lowest BCUT2D eigenvalue weighted by molar-refractivity contribution is 0.590. The monoisotopic (exact) mass is 1090 g/mol. The molecule has 14 rings (SSSR count). The summed E-state index contributed by atoms with van der Waals surface area (Å²) in [6.45, 7) is 13.6. The van der Waals surface area contributed by atoms with Crippen LogP contribution in [0.1, 0.15) is 52.7 Å². The minimum atomic E-state index is -0.00375. The summed E-state index contributed by atoms with van der Waals surface area (Å²) in [7, 11) is 0. The van der Waals surface area contributed by atoms with Crippen molar-refractivity contribution >= 4 is 133 Å². The van der Waals surface area contributed by atoms with Gasteiger partial charge in [-0.05, 0) is 137 Å². The molecular formula is C74H60ClN5S. The van der Waals surface area contributed by atoms with Crippen LogP contribution < -0.4 is 19.6 Å². The Balaban J connectivity index is 1.07. The van der Waals surface area contributed by atoms with Gasteiger partial charge in [0.15, 0.2) is 0 Å². The summed E-state index contributed by atoms with van der Waals surface area (Å²) in [5.74, 6) is 0. The molecule has 1 aliphatic heterocycles. The van der Waals surface area contributed by atoms with Crippen molar-refractivity contribution in [1.29, 1.82) is 0 Å². The third-order valence-electron chi connectivity index (χ3n) is 16.0. The molecule has 0 amide bonds. The number of fused-ring (bicyclic) bond motifs is 8. The van der Waals surface area contributed by atoms with E-state index in [2.05, 4.69) is 320 Å². The van der Waals surface area contributed by atoms with Gasteiger partial charge < -0.3 is 24.2 Å². The van der Waals surface area contributed by atoms with Gasteiger partial charge in [0.2, 0.25) is 0 Å². The van der Waals surface area contributed by atoms with E-state index in [1.807, 2.05) is 11.3 Å². The van der Waals surface area contributed by atoms with Crippen LogP contribution in [0, 0.1) is 0 Å². The Bertz CT molecular complexity index is 4410. The molecule has 0 saturated heterocycles. The molecule has 3 heterocycles. The van der Waals surface area contributed by atoms with Crippen LogP contribution in [0.15, 0.2) is 255 Å². The zero-order valence-electron chi connectivity index (χ0n) is 46.3. The van der Waals surface area contributed by atoms with Crippen LogP contribution in [-0.2, 0) is 10.8 Å². The van der Waals surface area contributed by atoms with Gasteiger partial charge in [0.1, 0.15) is 0 Å². The van der Waals surface area contributed by atoms with Crippen LogP contribution >= 0.6 is 22.9 Å². The van der Waals surface area contributed by atoms with Gasteiger partial charge in [-0.15, -0.1) is 11.3 Å². The molecular weight excluding hydrogens is 1030 g/mol. The second-order valence-corrected chi connectivity index (χ2v) is 24.6. The Hall–Kier alpha value is -9.07. The van der Waals surface area contributed by atoms with Crippen LogP contribution in [0.25, 0.3) is 47.7 Å². The Morgan fingerprint density at radius 3 is 1.48 bits per heavy atom. The Morgan fingerprint density at radius 1 is 0.346 bits per heavy atom. The summed E-state index contributed by atoms with van der Waals surface area (Å²) < 4.78 is 4.83. The molecule has 13 aromatic rings. The number of hydrogen-bond acceptors (Lipinski definition) is 5. The molecule has 81 heavy (non-hydrogen) atoms. The summed E-state index contributed by atoms with van der Waals surface area (Å²) >= 11 is 10.3.